The molecule has 0 spiro atoms. The molecule has 0 amide bonds. The van der Waals surface area contributed by atoms with Crippen LogP contribution in [0.25, 0.3) is 11.1 Å². The zero-order valence-electron chi connectivity index (χ0n) is 25.2. The van der Waals surface area contributed by atoms with Crippen molar-refractivity contribution in [1.29, 1.82) is 0 Å². The Hall–Kier alpha value is -3.15. The highest BCUT2D eigenvalue weighted by Gasteiger charge is 2.23. The monoisotopic (exact) mass is 586 g/mol. The molecule has 3 aromatic rings. The molecular formula is C36H43F5O. The predicted molar refractivity (Wildman–Crippen MR) is 163 cm³/mol. The molecule has 0 saturated heterocycles. The van der Waals surface area contributed by atoms with Gasteiger partial charge in [0.1, 0.15) is 0 Å². The normalized spacial score (nSPS) is 14.9. The van der Waals surface area contributed by atoms with Crippen LogP contribution in [0, 0.1) is 31.4 Å². The fourth-order valence-corrected chi connectivity index (χ4v) is 5.45. The van der Waals surface area contributed by atoms with E-state index in [9.17, 15) is 22.0 Å². The molecule has 3 aromatic carbocycles. The number of allylic oxidation sites excluding steroid dienone is 1. The van der Waals surface area contributed by atoms with E-state index in [0.717, 1.165) is 77.1 Å². The van der Waals surface area contributed by atoms with Crippen molar-refractivity contribution in [3.8, 4) is 5.75 Å². The molecule has 1 fully saturated rings. The van der Waals surface area contributed by atoms with Gasteiger partial charge in [0, 0.05) is 0 Å². The third-order valence-electron chi connectivity index (χ3n) is 7.73. The Morgan fingerprint density at radius 1 is 0.810 bits per heavy atom. The van der Waals surface area contributed by atoms with Crippen molar-refractivity contribution in [1.82, 2.24) is 0 Å². The molecule has 0 aliphatic heterocycles. The van der Waals surface area contributed by atoms with Gasteiger partial charge in [-0.3, -0.25) is 4.39 Å². The summed E-state index contributed by atoms with van der Waals surface area (Å²) in [5.41, 5.74) is 7.44. The summed E-state index contributed by atoms with van der Waals surface area (Å²) >= 11 is 0. The Kier molecular flexibility index (Phi) is 13.1. The highest BCUT2D eigenvalue weighted by molar-refractivity contribution is 6.00. The molecule has 1 saturated carbocycles. The zero-order valence-corrected chi connectivity index (χ0v) is 25.2. The summed E-state index contributed by atoms with van der Waals surface area (Å²) in [6.07, 6.45) is 9.89. The molecule has 0 N–H and O–H groups in total. The van der Waals surface area contributed by atoms with Gasteiger partial charge in [-0.05, 0) is 91.0 Å². The first-order valence-corrected chi connectivity index (χ1v) is 15.0. The molecule has 0 aromatic heterocycles. The van der Waals surface area contributed by atoms with Crippen LogP contribution < -0.4 is 4.74 Å². The molecule has 6 heteroatoms. The summed E-state index contributed by atoms with van der Waals surface area (Å²) in [5, 5.41) is 0. The van der Waals surface area contributed by atoms with Crippen LogP contribution in [0.15, 0.2) is 54.6 Å². The summed E-state index contributed by atoms with van der Waals surface area (Å²) < 4.78 is 69.2. The molecule has 0 unspecified atom stereocenters. The van der Waals surface area contributed by atoms with Gasteiger partial charge >= 0.3 is 6.61 Å². The number of aryl methyl sites for hydroxylation is 3. The smallest absolute Gasteiger partial charge is 0.387 e. The fraction of sp³-hybridized carbons (Fsp3) is 0.444. The minimum atomic E-state index is -3.30. The number of halogens is 5. The first kappa shape index (κ1) is 33.4. The Morgan fingerprint density at radius 2 is 1.43 bits per heavy atom. The van der Waals surface area contributed by atoms with Crippen LogP contribution in [-0.4, -0.2) is 13.3 Å². The lowest BCUT2D eigenvalue weighted by Crippen LogP contribution is -2.06. The first-order chi connectivity index (χ1) is 20.1. The molecule has 5 rings (SSSR count). The molecule has 2 aliphatic carbocycles. The summed E-state index contributed by atoms with van der Waals surface area (Å²) in [4.78, 5) is 0. The van der Waals surface area contributed by atoms with Crippen LogP contribution >= 0.6 is 0 Å². The quantitative estimate of drug-likeness (QED) is 0.261. The van der Waals surface area contributed by atoms with Crippen molar-refractivity contribution >= 4 is 11.1 Å². The Morgan fingerprint density at radius 3 is 1.93 bits per heavy atom. The van der Waals surface area contributed by atoms with Crippen molar-refractivity contribution in [2.24, 2.45) is 5.92 Å². The minimum absolute atomic E-state index is 0.156. The average Bonchev–Trinajstić information content (AvgIpc) is 3.35. The molecule has 228 valence electrons. The zero-order chi connectivity index (χ0) is 30.6. The molecule has 0 atom stereocenters. The van der Waals surface area contributed by atoms with E-state index in [1.165, 1.54) is 31.2 Å². The first-order valence-electron chi connectivity index (χ1n) is 15.0. The molecule has 2 aliphatic rings. The standard InChI is InChI=1S/C26H22F4O.C6H12.C4H9F/c1-15-6-9-17(10-7-15)24-20(5-3-4-18-12-16(2)8-11-21(18)24)19-13-22(27)25(23(28)14-19)31-26(29)30;1-6-4-2-3-5-6;1-2-3-4-5/h6-14,26H,3-5H2,1-2H3;6H,2-5H2,1H3;2-4H2,1H3. The molecular weight excluding hydrogens is 543 g/mol. The Bertz CT molecular complexity index is 1280. The van der Waals surface area contributed by atoms with Gasteiger partial charge in [-0.15, -0.1) is 0 Å². The van der Waals surface area contributed by atoms with E-state index in [-0.39, 0.29) is 6.67 Å². The average molecular weight is 587 g/mol. The van der Waals surface area contributed by atoms with E-state index >= 15 is 0 Å². The van der Waals surface area contributed by atoms with Gasteiger partial charge < -0.3 is 4.74 Å². The van der Waals surface area contributed by atoms with E-state index in [4.69, 9.17) is 0 Å². The maximum absolute atomic E-state index is 14.5. The Labute approximate surface area is 247 Å². The van der Waals surface area contributed by atoms with Crippen LogP contribution in [-0.2, 0) is 6.42 Å². The lowest BCUT2D eigenvalue weighted by atomic mass is 9.87. The number of benzene rings is 3. The SMILES string of the molecule is CC1CCCC1.CCCCF.Cc1ccc(C2=C(c3cc(F)c(OC(F)F)c(F)c3)CCCc3cc(C)ccc32)cc1. The largest absolute Gasteiger partial charge is 0.429 e. The van der Waals surface area contributed by atoms with Gasteiger partial charge in [-0.2, -0.15) is 8.78 Å². The van der Waals surface area contributed by atoms with Crippen molar-refractivity contribution in [2.45, 2.75) is 92.1 Å². The van der Waals surface area contributed by atoms with Gasteiger partial charge in [0.15, 0.2) is 17.4 Å². The van der Waals surface area contributed by atoms with Gasteiger partial charge in [0.05, 0.1) is 6.67 Å². The number of rotatable bonds is 6. The summed E-state index contributed by atoms with van der Waals surface area (Å²) in [6, 6.07) is 16.4. The van der Waals surface area contributed by atoms with Crippen molar-refractivity contribution in [2.75, 3.05) is 6.67 Å². The van der Waals surface area contributed by atoms with Gasteiger partial charge in [-0.25, -0.2) is 8.78 Å². The number of unbranched alkanes of at least 4 members (excludes halogenated alkanes) is 1. The molecule has 42 heavy (non-hydrogen) atoms. The highest BCUT2D eigenvalue weighted by Crippen LogP contribution is 2.41. The van der Waals surface area contributed by atoms with E-state index in [1.807, 2.05) is 57.2 Å². The molecule has 0 heterocycles. The lowest BCUT2D eigenvalue weighted by molar-refractivity contribution is -0.0546. The summed E-state index contributed by atoms with van der Waals surface area (Å²) in [5.74, 6) is -2.29. The minimum Gasteiger partial charge on any atom is -0.429 e. The molecule has 1 nitrogen and oxygen atoms in total. The highest BCUT2D eigenvalue weighted by atomic mass is 19.3. The number of hydrogen-bond acceptors (Lipinski definition) is 1. The molecule has 0 radical (unpaired) electrons. The number of ether oxygens (including phenoxy) is 1. The topological polar surface area (TPSA) is 9.23 Å². The van der Waals surface area contributed by atoms with Crippen LogP contribution in [0.3, 0.4) is 0 Å². The van der Waals surface area contributed by atoms with E-state index in [0.29, 0.717) is 12.0 Å². The van der Waals surface area contributed by atoms with Crippen LogP contribution in [0.2, 0.25) is 0 Å². The number of hydrogen-bond donors (Lipinski definition) is 0. The second-order valence-corrected chi connectivity index (χ2v) is 11.3. The Balaban J connectivity index is 0.000000370. The van der Waals surface area contributed by atoms with Crippen LogP contribution in [0.1, 0.15) is 98.6 Å². The predicted octanol–water partition coefficient (Wildman–Crippen LogP) is 11.4. The second-order valence-electron chi connectivity index (χ2n) is 11.3. The van der Waals surface area contributed by atoms with Gasteiger partial charge in [0.2, 0.25) is 0 Å². The third-order valence-corrected chi connectivity index (χ3v) is 7.73. The van der Waals surface area contributed by atoms with E-state index in [2.05, 4.69) is 17.7 Å². The van der Waals surface area contributed by atoms with Gasteiger partial charge in [-0.1, -0.05) is 99.5 Å². The van der Waals surface area contributed by atoms with E-state index in [1.54, 1.807) is 0 Å². The maximum atomic E-state index is 14.5. The van der Waals surface area contributed by atoms with E-state index < -0.39 is 24.0 Å². The fourth-order valence-electron chi connectivity index (χ4n) is 5.45. The maximum Gasteiger partial charge on any atom is 0.387 e. The number of alkyl halides is 3. The van der Waals surface area contributed by atoms with Gasteiger partial charge in [0.25, 0.3) is 0 Å². The summed E-state index contributed by atoms with van der Waals surface area (Å²) in [7, 11) is 0. The number of fused-ring (bicyclic) bond motifs is 1. The van der Waals surface area contributed by atoms with Crippen molar-refractivity contribution in [3.63, 3.8) is 0 Å². The second kappa shape index (κ2) is 16.5. The third kappa shape index (κ3) is 9.43. The van der Waals surface area contributed by atoms with Crippen molar-refractivity contribution in [3.05, 3.63) is 99.6 Å². The van der Waals surface area contributed by atoms with Crippen LogP contribution in [0.4, 0.5) is 22.0 Å². The lowest BCUT2D eigenvalue weighted by Gasteiger charge is -2.18. The van der Waals surface area contributed by atoms with Crippen molar-refractivity contribution < 1.29 is 26.7 Å². The summed E-state index contributed by atoms with van der Waals surface area (Å²) in [6.45, 7) is 4.89. The molecule has 0 bridgehead atoms. The van der Waals surface area contributed by atoms with Crippen LogP contribution in [0.5, 0.6) is 5.75 Å².